The summed E-state index contributed by atoms with van der Waals surface area (Å²) in [5, 5.41) is 2.58. The van der Waals surface area contributed by atoms with Crippen molar-refractivity contribution in [2.24, 2.45) is 0 Å². The van der Waals surface area contributed by atoms with Crippen LogP contribution >= 0.6 is 0 Å². The third kappa shape index (κ3) is 2.66. The van der Waals surface area contributed by atoms with E-state index in [0.717, 1.165) is 0 Å². The Bertz CT molecular complexity index is 963. The fourth-order valence-electron chi connectivity index (χ4n) is 3.09. The van der Waals surface area contributed by atoms with E-state index in [0.29, 0.717) is 0 Å². The lowest BCUT2D eigenvalue weighted by Gasteiger charge is -2.09. The molecular formula is C22H17B. The molecule has 0 N–H and O–H groups in total. The van der Waals surface area contributed by atoms with Crippen LogP contribution in [-0.4, -0.2) is 7.85 Å². The zero-order valence-electron chi connectivity index (χ0n) is 13.2. The van der Waals surface area contributed by atoms with Crippen molar-refractivity contribution >= 4 is 24.1 Å². The summed E-state index contributed by atoms with van der Waals surface area (Å²) < 4.78 is 0. The summed E-state index contributed by atoms with van der Waals surface area (Å²) in [5.74, 6) is 0. The van der Waals surface area contributed by atoms with Gasteiger partial charge in [0.15, 0.2) is 0 Å². The zero-order chi connectivity index (χ0) is 15.6. The Labute approximate surface area is 137 Å². The van der Waals surface area contributed by atoms with Gasteiger partial charge in [-0.1, -0.05) is 90.4 Å². The van der Waals surface area contributed by atoms with Gasteiger partial charge < -0.3 is 0 Å². The number of hydrogen-bond donors (Lipinski definition) is 0. The molecule has 0 aromatic heterocycles. The van der Waals surface area contributed by atoms with E-state index >= 15 is 0 Å². The molecular weight excluding hydrogens is 275 g/mol. The molecule has 0 saturated carbocycles. The van der Waals surface area contributed by atoms with Crippen molar-refractivity contribution in [3.8, 4) is 22.3 Å². The second-order valence-electron chi connectivity index (χ2n) is 5.97. The minimum Gasteiger partial charge on any atom is -0.0889 e. The van der Waals surface area contributed by atoms with Crippen LogP contribution in [0.4, 0.5) is 0 Å². The highest BCUT2D eigenvalue weighted by Crippen LogP contribution is 2.31. The highest BCUT2D eigenvalue weighted by Gasteiger charge is 2.05. The summed E-state index contributed by atoms with van der Waals surface area (Å²) in [6.45, 7) is 0. The van der Waals surface area contributed by atoms with Gasteiger partial charge in [0.05, 0.1) is 0 Å². The highest BCUT2D eigenvalue weighted by molar-refractivity contribution is 6.32. The van der Waals surface area contributed by atoms with Crippen LogP contribution in [0.2, 0.25) is 0 Å². The van der Waals surface area contributed by atoms with Crippen LogP contribution < -0.4 is 5.46 Å². The van der Waals surface area contributed by atoms with E-state index in [9.17, 15) is 0 Å². The number of fused-ring (bicyclic) bond motifs is 1. The fraction of sp³-hybridized carbons (Fsp3) is 0. The topological polar surface area (TPSA) is 0 Å². The van der Waals surface area contributed by atoms with Crippen molar-refractivity contribution in [1.82, 2.24) is 0 Å². The van der Waals surface area contributed by atoms with Crippen molar-refractivity contribution in [3.63, 3.8) is 0 Å². The number of benzene rings is 4. The largest absolute Gasteiger partial charge is 0.139 e. The van der Waals surface area contributed by atoms with E-state index in [4.69, 9.17) is 0 Å². The molecule has 0 radical (unpaired) electrons. The van der Waals surface area contributed by atoms with Gasteiger partial charge in [-0.3, -0.25) is 0 Å². The molecule has 108 valence electrons. The Kier molecular flexibility index (Phi) is 3.47. The van der Waals surface area contributed by atoms with Gasteiger partial charge in [0.25, 0.3) is 0 Å². The van der Waals surface area contributed by atoms with Gasteiger partial charge in [-0.25, -0.2) is 0 Å². The minimum atomic E-state index is 1.26. The van der Waals surface area contributed by atoms with E-state index in [2.05, 4.69) is 98.8 Å². The predicted molar refractivity (Wildman–Crippen MR) is 103 cm³/mol. The smallest absolute Gasteiger partial charge is 0.0889 e. The molecule has 0 amide bonds. The van der Waals surface area contributed by atoms with E-state index in [1.54, 1.807) is 0 Å². The Hall–Kier alpha value is -2.80. The van der Waals surface area contributed by atoms with Crippen molar-refractivity contribution in [3.05, 3.63) is 91.0 Å². The van der Waals surface area contributed by atoms with Crippen LogP contribution in [0.3, 0.4) is 0 Å². The third-order valence-electron chi connectivity index (χ3n) is 4.35. The van der Waals surface area contributed by atoms with Crippen LogP contribution in [0, 0.1) is 0 Å². The fourth-order valence-corrected chi connectivity index (χ4v) is 3.09. The average Bonchev–Trinajstić information content (AvgIpc) is 2.62. The minimum absolute atomic E-state index is 1.26. The van der Waals surface area contributed by atoms with Crippen LogP contribution in [0.25, 0.3) is 33.0 Å². The van der Waals surface area contributed by atoms with E-state index in [-0.39, 0.29) is 0 Å². The SMILES string of the molecule is Bc1ccc(-c2cccc(-c3cccc4ccccc34)c2)cc1. The number of hydrogen-bond acceptors (Lipinski definition) is 0. The third-order valence-corrected chi connectivity index (χ3v) is 4.35. The maximum Gasteiger partial charge on any atom is 0.139 e. The molecule has 4 rings (SSSR count). The summed E-state index contributed by atoms with van der Waals surface area (Å²) >= 11 is 0. The molecule has 4 aromatic carbocycles. The molecule has 0 aliphatic rings. The maximum atomic E-state index is 2.28. The lowest BCUT2D eigenvalue weighted by atomic mass is 9.92. The van der Waals surface area contributed by atoms with Crippen molar-refractivity contribution in [2.45, 2.75) is 0 Å². The molecule has 0 heterocycles. The van der Waals surface area contributed by atoms with Crippen molar-refractivity contribution < 1.29 is 0 Å². The monoisotopic (exact) mass is 292 g/mol. The molecule has 0 nitrogen and oxygen atoms in total. The lowest BCUT2D eigenvalue weighted by molar-refractivity contribution is 1.61. The van der Waals surface area contributed by atoms with Gasteiger partial charge in [0.2, 0.25) is 0 Å². The molecule has 0 aliphatic carbocycles. The lowest BCUT2D eigenvalue weighted by Crippen LogP contribution is -1.99. The van der Waals surface area contributed by atoms with Gasteiger partial charge in [-0.05, 0) is 39.1 Å². The Balaban J connectivity index is 1.86. The first-order valence-electron chi connectivity index (χ1n) is 7.96. The molecule has 0 saturated heterocycles. The second-order valence-corrected chi connectivity index (χ2v) is 5.97. The predicted octanol–water partition coefficient (Wildman–Crippen LogP) is 4.43. The summed E-state index contributed by atoms with van der Waals surface area (Å²) in [6, 6.07) is 32.6. The standard InChI is InChI=1S/C22H17B/c23-20-13-11-16(12-14-20)18-7-3-8-19(15-18)22-10-4-6-17-5-1-2-9-21(17)22/h1-15H,23H2. The average molecular weight is 292 g/mol. The van der Waals surface area contributed by atoms with Crippen molar-refractivity contribution in [1.29, 1.82) is 0 Å². The van der Waals surface area contributed by atoms with Gasteiger partial charge in [0.1, 0.15) is 7.85 Å². The Morgan fingerprint density at radius 2 is 1.22 bits per heavy atom. The molecule has 0 spiro atoms. The highest BCUT2D eigenvalue weighted by atomic mass is 14.1. The van der Waals surface area contributed by atoms with Crippen LogP contribution in [-0.2, 0) is 0 Å². The van der Waals surface area contributed by atoms with Gasteiger partial charge in [-0.2, -0.15) is 0 Å². The summed E-state index contributed by atoms with van der Waals surface area (Å²) in [4.78, 5) is 0. The summed E-state index contributed by atoms with van der Waals surface area (Å²) in [6.07, 6.45) is 0. The second kappa shape index (κ2) is 5.77. The normalized spacial score (nSPS) is 10.8. The first-order chi connectivity index (χ1) is 11.3. The molecule has 4 aromatic rings. The first kappa shape index (κ1) is 13.8. The van der Waals surface area contributed by atoms with Gasteiger partial charge in [0, 0.05) is 0 Å². The van der Waals surface area contributed by atoms with E-state index in [1.807, 2.05) is 0 Å². The van der Waals surface area contributed by atoms with Gasteiger partial charge in [-0.15, -0.1) is 0 Å². The Morgan fingerprint density at radius 3 is 2.09 bits per heavy atom. The molecule has 0 aliphatic heterocycles. The van der Waals surface area contributed by atoms with Crippen molar-refractivity contribution in [2.75, 3.05) is 0 Å². The zero-order valence-corrected chi connectivity index (χ0v) is 13.2. The molecule has 0 atom stereocenters. The van der Waals surface area contributed by atoms with Crippen LogP contribution in [0.15, 0.2) is 91.0 Å². The molecule has 0 bridgehead atoms. The maximum absolute atomic E-state index is 2.28. The first-order valence-corrected chi connectivity index (χ1v) is 7.96. The van der Waals surface area contributed by atoms with Crippen LogP contribution in [0.1, 0.15) is 0 Å². The molecule has 0 unspecified atom stereocenters. The van der Waals surface area contributed by atoms with E-state index < -0.39 is 0 Å². The summed E-state index contributed by atoms with van der Waals surface area (Å²) in [5.41, 5.74) is 6.36. The summed E-state index contributed by atoms with van der Waals surface area (Å²) in [7, 11) is 2.12. The van der Waals surface area contributed by atoms with E-state index in [1.165, 1.54) is 38.5 Å². The number of rotatable bonds is 2. The van der Waals surface area contributed by atoms with Gasteiger partial charge >= 0.3 is 0 Å². The molecule has 23 heavy (non-hydrogen) atoms. The molecule has 1 heteroatoms. The quantitative estimate of drug-likeness (QED) is 0.479. The van der Waals surface area contributed by atoms with Crippen LogP contribution in [0.5, 0.6) is 0 Å². The Morgan fingerprint density at radius 1 is 0.522 bits per heavy atom. The molecule has 0 fully saturated rings.